The molecule has 0 aromatic heterocycles. The zero-order chi connectivity index (χ0) is 13.1. The minimum absolute atomic E-state index is 0.545. The zero-order valence-electron chi connectivity index (χ0n) is 11.3. The first-order valence-corrected chi connectivity index (χ1v) is 9.39. The lowest BCUT2D eigenvalue weighted by Gasteiger charge is -2.37. The molecule has 0 unspecified atom stereocenters. The average Bonchev–Trinajstić information content (AvgIpc) is 1.98. The van der Waals surface area contributed by atoms with Crippen molar-refractivity contribution < 1.29 is 0 Å². The second kappa shape index (κ2) is 6.53. The molecule has 0 spiro atoms. The molecule has 0 rings (SSSR count). The van der Waals surface area contributed by atoms with E-state index in [0.717, 1.165) is 10.6 Å². The normalized spacial score (nSPS) is 13.7. The highest BCUT2D eigenvalue weighted by Gasteiger charge is 2.50. The van der Waals surface area contributed by atoms with Crippen molar-refractivity contribution >= 4 is 49.0 Å². The maximum Gasteiger partial charge on any atom is 0.321 e. The molecule has 0 nitrogen and oxygen atoms in total. The lowest BCUT2D eigenvalue weighted by molar-refractivity contribution is 0.644. The Labute approximate surface area is 120 Å². The van der Waals surface area contributed by atoms with Gasteiger partial charge >= 0.3 is 14.1 Å². The zero-order valence-corrected chi connectivity index (χ0v) is 14.7. The van der Waals surface area contributed by atoms with E-state index in [0.29, 0.717) is 11.8 Å². The number of hydrogen-bond donors (Lipinski definition) is 0. The smallest absolute Gasteiger partial charge is 0.118 e. The molecule has 16 heavy (non-hydrogen) atoms. The summed E-state index contributed by atoms with van der Waals surface area (Å²) in [5.41, 5.74) is 0. The summed E-state index contributed by atoms with van der Waals surface area (Å²) in [4.78, 5) is -0.545. The van der Waals surface area contributed by atoms with Crippen molar-refractivity contribution in [2.75, 3.05) is 0 Å². The molecular weight excluding hydrogens is 277 g/mol. The molecule has 0 bridgehead atoms. The largest absolute Gasteiger partial charge is 0.321 e. The Bertz CT molecular complexity index is 197. The first-order chi connectivity index (χ1) is 6.98. The molecule has 0 aliphatic carbocycles. The van der Waals surface area contributed by atoms with Gasteiger partial charge in [0.25, 0.3) is 0 Å². The molecule has 0 amide bonds. The van der Waals surface area contributed by atoms with Gasteiger partial charge in [0.05, 0.1) is 8.07 Å². The number of hydrogen-bond acceptors (Lipinski definition) is 0. The summed E-state index contributed by atoms with van der Waals surface area (Å²) in [6.07, 6.45) is 0. The van der Waals surface area contributed by atoms with E-state index in [4.69, 9.17) is 34.8 Å². The Morgan fingerprint density at radius 1 is 0.875 bits per heavy atom. The van der Waals surface area contributed by atoms with Crippen molar-refractivity contribution in [1.82, 2.24) is 0 Å². The minimum atomic E-state index is -1.28. The van der Waals surface area contributed by atoms with E-state index in [1.165, 1.54) is 0 Å². The molecule has 0 aromatic carbocycles. The predicted octanol–water partition coefficient (Wildman–Crippen LogP) is 5.52. The molecule has 0 saturated carbocycles. The van der Waals surface area contributed by atoms with Gasteiger partial charge in [0.15, 0.2) is 0 Å². The Kier molecular flexibility index (Phi) is 7.11. The molecule has 0 aliphatic rings. The van der Waals surface area contributed by atoms with Crippen LogP contribution in [0.3, 0.4) is 0 Å². The average molecular weight is 302 g/mol. The second-order valence-electron chi connectivity index (χ2n) is 6.05. The minimum Gasteiger partial charge on any atom is -0.118 e. The fourth-order valence-electron chi connectivity index (χ4n) is 2.02. The third-order valence-corrected chi connectivity index (χ3v) is 11.1. The number of alkyl halides is 3. The summed E-state index contributed by atoms with van der Waals surface area (Å²) >= 11 is 18.2. The highest BCUT2D eigenvalue weighted by atomic mass is 35.5. The third kappa shape index (κ3) is 5.37. The Balaban J connectivity index is 4.86. The van der Waals surface area contributed by atoms with Gasteiger partial charge in [-0.05, 0) is 13.8 Å². The molecule has 0 aromatic rings. The maximum absolute atomic E-state index is 6.56. The summed E-state index contributed by atoms with van der Waals surface area (Å²) in [5, 5.41) is 2.31. The number of rotatable bonds is 6. The third-order valence-electron chi connectivity index (χ3n) is 2.82. The lowest BCUT2D eigenvalue weighted by atomic mass is 10.2. The highest BCUT2D eigenvalue weighted by Crippen LogP contribution is 2.44. The van der Waals surface area contributed by atoms with Crippen molar-refractivity contribution in [1.29, 1.82) is 0 Å². The molecule has 0 aliphatic heterocycles. The summed E-state index contributed by atoms with van der Waals surface area (Å²) in [7, 11) is 0. The van der Waals surface area contributed by atoms with Gasteiger partial charge in [-0.3, -0.25) is 0 Å². The van der Waals surface area contributed by atoms with Crippen molar-refractivity contribution in [2.24, 2.45) is 11.8 Å². The first kappa shape index (κ1) is 17.4. The van der Waals surface area contributed by atoms with E-state index in [1.54, 1.807) is 0 Å². The van der Waals surface area contributed by atoms with Crippen LogP contribution in [0, 0.1) is 11.8 Å². The van der Waals surface area contributed by atoms with Crippen LogP contribution >= 0.6 is 34.8 Å². The van der Waals surface area contributed by atoms with Crippen LogP contribution in [0.25, 0.3) is 0 Å². The van der Waals surface area contributed by atoms with Gasteiger partial charge in [0.2, 0.25) is 0 Å². The van der Waals surface area contributed by atoms with E-state index < -0.39 is 22.2 Å². The van der Waals surface area contributed by atoms with E-state index in [2.05, 4.69) is 27.7 Å². The van der Waals surface area contributed by atoms with Crippen LogP contribution in [-0.4, -0.2) is 22.2 Å². The van der Waals surface area contributed by atoms with Crippen LogP contribution in [0.2, 0.25) is 10.6 Å². The Morgan fingerprint density at radius 2 is 1.19 bits per heavy atom. The molecule has 0 fully saturated rings. The summed E-state index contributed by atoms with van der Waals surface area (Å²) in [6, 6.07) is 0. The maximum atomic E-state index is 6.56. The number of halogens is 3. The van der Waals surface area contributed by atoms with Crippen molar-refractivity contribution in [3.63, 3.8) is 0 Å². The van der Waals surface area contributed by atoms with Gasteiger partial charge in [-0.25, -0.2) is 0 Å². The summed E-state index contributed by atoms with van der Waals surface area (Å²) in [6.45, 7) is 12.8. The van der Waals surface area contributed by atoms with Crippen LogP contribution in [0.1, 0.15) is 41.5 Å². The van der Waals surface area contributed by atoms with E-state index in [-0.39, 0.29) is 0 Å². The van der Waals surface area contributed by atoms with Crippen LogP contribution in [0.15, 0.2) is 0 Å². The Hall–Kier alpha value is 1.40. The van der Waals surface area contributed by atoms with E-state index >= 15 is 0 Å². The fourth-order valence-corrected chi connectivity index (χ4v) is 7.58. The summed E-state index contributed by atoms with van der Waals surface area (Å²) in [5.74, 6) is 1.29. The fraction of sp³-hybridized carbons (Fsp3) is 1.00. The molecule has 0 radical (unpaired) electrons. The molecule has 4 heteroatoms. The molecule has 0 saturated heterocycles. The van der Waals surface area contributed by atoms with Gasteiger partial charge in [0, 0.05) is 0 Å². The van der Waals surface area contributed by atoms with Crippen LogP contribution in [0.4, 0.5) is 0 Å². The lowest BCUT2D eigenvalue weighted by Crippen LogP contribution is -2.50. The highest BCUT2D eigenvalue weighted by molar-refractivity contribution is 6.85. The molecule has 0 heterocycles. The van der Waals surface area contributed by atoms with E-state index in [1.807, 2.05) is 13.8 Å². The van der Waals surface area contributed by atoms with Crippen molar-refractivity contribution in [3.05, 3.63) is 0 Å². The van der Waals surface area contributed by atoms with Crippen LogP contribution in [0.5, 0.6) is 0 Å². The summed E-state index contributed by atoms with van der Waals surface area (Å²) < 4.78 is -0.733. The van der Waals surface area contributed by atoms with Gasteiger partial charge in [-0.1, -0.05) is 50.1 Å². The Morgan fingerprint density at radius 3 is 1.38 bits per heavy atom. The monoisotopic (exact) mass is 300 g/mol. The molecular formula is C12H24AlCl3. The van der Waals surface area contributed by atoms with Gasteiger partial charge in [0.1, 0.15) is 0 Å². The SMILES string of the molecule is CC(C)[CH2][Al]([CH2]C(C)C)[C](Cl)(Cl)C(C)(C)Cl. The molecule has 0 atom stereocenters. The molecule has 0 N–H and O–H groups in total. The van der Waals surface area contributed by atoms with Gasteiger partial charge < -0.3 is 0 Å². The van der Waals surface area contributed by atoms with Gasteiger partial charge in [-0.2, -0.15) is 0 Å². The topological polar surface area (TPSA) is 0 Å². The van der Waals surface area contributed by atoms with Crippen LogP contribution in [-0.2, 0) is 0 Å². The predicted molar refractivity (Wildman–Crippen MR) is 79.4 cm³/mol. The van der Waals surface area contributed by atoms with Crippen molar-refractivity contribution in [2.45, 2.75) is 60.2 Å². The standard InChI is InChI=1S/C4H6Cl3.2C4H9.Al/c1-4(2,7)3(5)6;2*1-4(2)3;/h1-2H3;2*4H,1H2,2-3H3;. The van der Waals surface area contributed by atoms with Crippen molar-refractivity contribution in [3.8, 4) is 0 Å². The van der Waals surface area contributed by atoms with E-state index in [9.17, 15) is 0 Å². The van der Waals surface area contributed by atoms with Gasteiger partial charge in [-0.15, -0.1) is 34.8 Å². The first-order valence-electron chi connectivity index (χ1n) is 6.05. The second-order valence-corrected chi connectivity index (χ2v) is 12.3. The van der Waals surface area contributed by atoms with Crippen LogP contribution < -0.4 is 0 Å². The molecule has 96 valence electrons. The quantitative estimate of drug-likeness (QED) is 0.447.